The predicted octanol–water partition coefficient (Wildman–Crippen LogP) is -0.783. The Morgan fingerprint density at radius 2 is 0.775 bits per heavy atom. The summed E-state index contributed by atoms with van der Waals surface area (Å²) in [6, 6.07) is 12.2. The fourth-order valence-corrected chi connectivity index (χ4v) is 8.31. The summed E-state index contributed by atoms with van der Waals surface area (Å²) in [5.41, 5.74) is 7.34. The van der Waals surface area contributed by atoms with Gasteiger partial charge in [0.1, 0.15) is 65.3 Å². The molecule has 26 heteroatoms. The number of carbonyl (C=O) groups excluding carboxylic acids is 8. The molecular formula is C54H67N9O16S. The summed E-state index contributed by atoms with van der Waals surface area (Å²) in [7, 11) is 0. The first kappa shape index (κ1) is 63.6. The summed E-state index contributed by atoms with van der Waals surface area (Å²) in [6.07, 6.45) is -0.139. The topological polar surface area (TPSA) is 414 Å². The number of nitrogens with one attached hydrogen (secondary N) is 8. The van der Waals surface area contributed by atoms with Crippen molar-refractivity contribution in [2.45, 2.75) is 94.7 Å². The summed E-state index contributed by atoms with van der Waals surface area (Å²) in [6.45, 7) is 1.73. The zero-order valence-electron chi connectivity index (χ0n) is 44.0. The van der Waals surface area contributed by atoms with Crippen LogP contribution in [0.2, 0.25) is 0 Å². The number of thioether (sulfide) groups is 1. The van der Waals surface area contributed by atoms with Gasteiger partial charge in [0.2, 0.25) is 47.3 Å². The molecule has 0 aliphatic heterocycles. The molecule has 0 aliphatic rings. The molecule has 0 spiro atoms. The molecule has 4 rings (SSSR count). The fourth-order valence-electron chi connectivity index (χ4n) is 7.84. The van der Waals surface area contributed by atoms with Gasteiger partial charge in [-0.1, -0.05) is 62.4 Å². The van der Waals surface area contributed by atoms with E-state index in [0.717, 1.165) is 0 Å². The molecule has 0 fully saturated rings. The minimum atomic E-state index is -1.75. The highest BCUT2D eigenvalue weighted by Gasteiger charge is 2.35. The second kappa shape index (κ2) is 31.5. The summed E-state index contributed by atoms with van der Waals surface area (Å²) in [4.78, 5) is 134. The van der Waals surface area contributed by atoms with Crippen LogP contribution in [0.3, 0.4) is 0 Å². The first-order chi connectivity index (χ1) is 37.9. The standard InChI is InChI=1S/C54H67N9O16S/c1-29(2)47(54(78)79)63-53(77)43(26-46(70)71)62-49(73)38(20-21-80-3)57-45(69)28-56-48(72)39(22-30-4-12-34(64)13-5-30)59-51(75)41(24-32-8-16-36(66)17-9-32)61-52(76)42(25-33-10-18-37(67)19-11-33)60-50(74)40(58-44(68)27-55)23-31-6-14-35(65)15-7-31/h4-19,29,38-43,47,64-67H,20-28,55H2,1-3H3,(H,56,72)(H,57,69)(H,58,68)(H,59,75)(H,60,74)(H,61,76)(H,62,73)(H,63,77)(H,70,71)(H,78,79)/t38-,39-,40-,41-,42-,43-,47-/m0/s1. The Bertz CT molecular complexity index is 2790. The highest BCUT2D eigenvalue weighted by Crippen LogP contribution is 2.17. The van der Waals surface area contributed by atoms with Gasteiger partial charge in [-0.05, 0) is 95.1 Å². The molecule has 4 aromatic rings. The number of rotatable bonds is 31. The van der Waals surface area contributed by atoms with Crippen LogP contribution in [0.15, 0.2) is 97.1 Å². The maximum absolute atomic E-state index is 14.6. The Morgan fingerprint density at radius 3 is 1.11 bits per heavy atom. The highest BCUT2D eigenvalue weighted by molar-refractivity contribution is 7.98. The van der Waals surface area contributed by atoms with E-state index in [9.17, 15) is 78.6 Å². The molecule has 0 heterocycles. The van der Waals surface area contributed by atoms with Gasteiger partial charge in [-0.3, -0.25) is 43.2 Å². The number of carboxylic acid groups (broad SMARTS) is 2. The van der Waals surface area contributed by atoms with Crippen molar-refractivity contribution in [2.24, 2.45) is 11.7 Å². The van der Waals surface area contributed by atoms with E-state index in [0.29, 0.717) is 22.3 Å². The quantitative estimate of drug-likeness (QED) is 0.0294. The smallest absolute Gasteiger partial charge is 0.326 e. The second-order valence-corrected chi connectivity index (χ2v) is 19.8. The molecule has 25 nitrogen and oxygen atoms in total. The average molecular weight is 1130 g/mol. The number of benzene rings is 4. The summed E-state index contributed by atoms with van der Waals surface area (Å²) in [5, 5.41) is 78.8. The van der Waals surface area contributed by atoms with Gasteiger partial charge in [0.15, 0.2) is 0 Å². The van der Waals surface area contributed by atoms with Crippen LogP contribution in [0.5, 0.6) is 23.0 Å². The van der Waals surface area contributed by atoms with Gasteiger partial charge < -0.3 is 78.9 Å². The monoisotopic (exact) mass is 1130 g/mol. The molecule has 0 saturated heterocycles. The van der Waals surface area contributed by atoms with Gasteiger partial charge >= 0.3 is 11.9 Å². The van der Waals surface area contributed by atoms with Crippen LogP contribution < -0.4 is 48.3 Å². The minimum absolute atomic E-state index is 0.0454. The summed E-state index contributed by atoms with van der Waals surface area (Å²) >= 11 is 1.29. The second-order valence-electron chi connectivity index (χ2n) is 18.8. The first-order valence-corrected chi connectivity index (χ1v) is 26.5. The van der Waals surface area contributed by atoms with E-state index in [1.54, 1.807) is 6.26 Å². The normalized spacial score (nSPS) is 13.6. The Kier molecular flexibility index (Phi) is 25.0. The molecule has 0 aromatic heterocycles. The number of nitrogens with two attached hydrogens (primary N) is 1. The maximum atomic E-state index is 14.6. The third kappa shape index (κ3) is 21.5. The third-order valence-corrected chi connectivity index (χ3v) is 12.8. The Balaban J connectivity index is 1.62. The Morgan fingerprint density at radius 1 is 0.450 bits per heavy atom. The molecule has 7 atom stereocenters. The van der Waals surface area contributed by atoms with E-state index in [2.05, 4.69) is 42.5 Å². The molecule has 4 aromatic carbocycles. The number of amides is 8. The zero-order valence-corrected chi connectivity index (χ0v) is 44.8. The number of carbonyl (C=O) groups is 10. The lowest BCUT2D eigenvalue weighted by Crippen LogP contribution is -2.60. The highest BCUT2D eigenvalue weighted by atomic mass is 32.2. The van der Waals surface area contributed by atoms with E-state index in [4.69, 9.17) is 5.73 Å². The lowest BCUT2D eigenvalue weighted by molar-refractivity contribution is -0.144. The molecule has 430 valence electrons. The number of phenolic OH excluding ortho intramolecular Hbond substituents is 4. The fraction of sp³-hybridized carbons (Fsp3) is 0.370. The number of hydrogen-bond acceptors (Lipinski definition) is 16. The molecular weight excluding hydrogens is 1060 g/mol. The molecule has 8 amide bonds. The summed E-state index contributed by atoms with van der Waals surface area (Å²) < 4.78 is 0. The van der Waals surface area contributed by atoms with E-state index in [1.807, 2.05) is 0 Å². The first-order valence-electron chi connectivity index (χ1n) is 25.1. The van der Waals surface area contributed by atoms with Crippen molar-refractivity contribution in [2.75, 3.05) is 25.1 Å². The van der Waals surface area contributed by atoms with E-state index in [1.165, 1.54) is 123 Å². The van der Waals surface area contributed by atoms with Gasteiger partial charge in [-0.25, -0.2) is 4.79 Å². The largest absolute Gasteiger partial charge is 0.508 e. The molecule has 0 unspecified atom stereocenters. The van der Waals surface area contributed by atoms with Crippen molar-refractivity contribution >= 4 is 71.0 Å². The minimum Gasteiger partial charge on any atom is -0.508 e. The van der Waals surface area contributed by atoms with Gasteiger partial charge in [0.05, 0.1) is 19.5 Å². The lowest BCUT2D eigenvalue weighted by Gasteiger charge is -2.27. The lowest BCUT2D eigenvalue weighted by atomic mass is 10.00. The van der Waals surface area contributed by atoms with Crippen molar-refractivity contribution in [3.63, 3.8) is 0 Å². The molecule has 0 bridgehead atoms. The number of aliphatic carboxylic acids is 2. The predicted molar refractivity (Wildman–Crippen MR) is 291 cm³/mol. The van der Waals surface area contributed by atoms with Crippen LogP contribution >= 0.6 is 11.8 Å². The van der Waals surface area contributed by atoms with Gasteiger partial charge in [-0.2, -0.15) is 11.8 Å². The number of aromatic hydroxyl groups is 4. The van der Waals surface area contributed by atoms with Crippen molar-refractivity contribution in [3.8, 4) is 23.0 Å². The van der Waals surface area contributed by atoms with Crippen LogP contribution in [-0.4, -0.2) is 157 Å². The molecule has 16 N–H and O–H groups in total. The van der Waals surface area contributed by atoms with Crippen molar-refractivity contribution in [1.82, 2.24) is 42.5 Å². The number of hydrogen-bond donors (Lipinski definition) is 15. The molecule has 0 aliphatic carbocycles. The molecule has 0 radical (unpaired) electrons. The number of phenols is 4. The van der Waals surface area contributed by atoms with Gasteiger partial charge in [0, 0.05) is 25.7 Å². The number of carboxylic acids is 2. The van der Waals surface area contributed by atoms with E-state index in [-0.39, 0.29) is 60.9 Å². The molecule has 0 saturated carbocycles. The Labute approximate surface area is 464 Å². The van der Waals surface area contributed by atoms with Gasteiger partial charge in [-0.15, -0.1) is 0 Å². The van der Waals surface area contributed by atoms with Crippen LogP contribution in [0.25, 0.3) is 0 Å². The van der Waals surface area contributed by atoms with Crippen LogP contribution in [-0.2, 0) is 73.6 Å². The van der Waals surface area contributed by atoms with Crippen LogP contribution in [0.4, 0.5) is 0 Å². The summed E-state index contributed by atoms with van der Waals surface area (Å²) in [5.74, 6) is -11.0. The van der Waals surface area contributed by atoms with Gasteiger partial charge in [0.25, 0.3) is 0 Å². The maximum Gasteiger partial charge on any atom is 0.326 e. The third-order valence-electron chi connectivity index (χ3n) is 12.2. The van der Waals surface area contributed by atoms with Crippen molar-refractivity contribution < 1.29 is 78.6 Å². The van der Waals surface area contributed by atoms with E-state index >= 15 is 0 Å². The Hall–Kier alpha value is -8.91. The SMILES string of the molecule is CSCC[C@H](NC(=O)CNC(=O)[C@H](Cc1ccc(O)cc1)NC(=O)[C@H](Cc1ccc(O)cc1)NC(=O)[C@H](Cc1ccc(O)cc1)NC(=O)[C@H](Cc1ccc(O)cc1)NC(=O)CN)C(=O)N[C@@H](CC(=O)O)C(=O)N[C@H](C(=O)O)C(C)C. The van der Waals surface area contributed by atoms with Crippen LogP contribution in [0.1, 0.15) is 48.9 Å². The average Bonchev–Trinajstić information content (AvgIpc) is 3.43. The van der Waals surface area contributed by atoms with Crippen molar-refractivity contribution in [3.05, 3.63) is 119 Å². The zero-order chi connectivity index (χ0) is 59.1. The van der Waals surface area contributed by atoms with Crippen LogP contribution in [0, 0.1) is 5.92 Å². The molecule has 80 heavy (non-hydrogen) atoms. The van der Waals surface area contributed by atoms with E-state index < -0.39 is 127 Å². The van der Waals surface area contributed by atoms with Crippen molar-refractivity contribution in [1.29, 1.82) is 0 Å².